The molecule has 0 N–H and O–H groups in total. The molecule has 2 saturated carbocycles. The van der Waals surface area contributed by atoms with Crippen LogP contribution in [0.2, 0.25) is 19.6 Å². The fraction of sp³-hybridized carbons (Fsp3) is 0.900. The van der Waals surface area contributed by atoms with Crippen LogP contribution in [-0.4, -0.2) is 32.3 Å². The van der Waals surface area contributed by atoms with Crippen molar-refractivity contribution in [2.24, 2.45) is 23.2 Å². The first-order valence-corrected chi connectivity index (χ1v) is 13.2. The van der Waals surface area contributed by atoms with Crippen LogP contribution in [0.3, 0.4) is 0 Å². The minimum Gasteiger partial charge on any atom is -0.463 e. The van der Waals surface area contributed by atoms with E-state index in [1.165, 1.54) is 0 Å². The molecule has 0 amide bonds. The first-order valence-electron chi connectivity index (χ1n) is 9.77. The van der Waals surface area contributed by atoms with Gasteiger partial charge in [-0.2, -0.15) is 0 Å². The number of hydrogen-bond donors (Lipinski definition) is 0. The summed E-state index contributed by atoms with van der Waals surface area (Å²) in [6, 6.07) is 0. The molecule has 0 radical (unpaired) electrons. The molecule has 0 aromatic carbocycles. The molecular weight excluding hydrogens is 332 g/mol. The van der Waals surface area contributed by atoms with Crippen molar-refractivity contribution in [2.75, 3.05) is 6.61 Å². The standard InChI is InChI=1S/C20H36O4Si/c1-14(13-23-18(22)19(2,3)24-25(5,6)7)15-10-11-16-17(21)9-8-12-20(15,16)4/h14-16H,8-13H2,1-7H3/t14-,15-,16+,20-/m1/s1. The smallest absolute Gasteiger partial charge is 0.336 e. The van der Waals surface area contributed by atoms with E-state index in [-0.39, 0.29) is 23.2 Å². The number of carbonyl (C=O) groups is 2. The van der Waals surface area contributed by atoms with Crippen LogP contribution in [0.1, 0.15) is 59.8 Å². The Balaban J connectivity index is 1.95. The van der Waals surface area contributed by atoms with Gasteiger partial charge in [0.2, 0.25) is 0 Å². The van der Waals surface area contributed by atoms with Gasteiger partial charge in [0.25, 0.3) is 0 Å². The van der Waals surface area contributed by atoms with Gasteiger partial charge in [0.1, 0.15) is 11.4 Å². The second-order valence-corrected chi connectivity index (χ2v) is 14.3. The summed E-state index contributed by atoms with van der Waals surface area (Å²) >= 11 is 0. The van der Waals surface area contributed by atoms with Crippen molar-refractivity contribution in [3.05, 3.63) is 0 Å². The van der Waals surface area contributed by atoms with Gasteiger partial charge in [-0.15, -0.1) is 0 Å². The monoisotopic (exact) mass is 368 g/mol. The van der Waals surface area contributed by atoms with Crippen molar-refractivity contribution >= 4 is 20.1 Å². The summed E-state index contributed by atoms with van der Waals surface area (Å²) < 4.78 is 11.6. The topological polar surface area (TPSA) is 52.6 Å². The first-order chi connectivity index (χ1) is 11.4. The van der Waals surface area contributed by atoms with Crippen LogP contribution in [0.4, 0.5) is 0 Å². The van der Waals surface area contributed by atoms with Gasteiger partial charge in [-0.25, -0.2) is 4.79 Å². The summed E-state index contributed by atoms with van der Waals surface area (Å²) in [4.78, 5) is 24.8. The van der Waals surface area contributed by atoms with Gasteiger partial charge in [-0.05, 0) is 76.4 Å². The Morgan fingerprint density at radius 2 is 1.96 bits per heavy atom. The molecule has 0 aromatic rings. The summed E-state index contributed by atoms with van der Waals surface area (Å²) in [6.07, 6.45) is 4.95. The van der Waals surface area contributed by atoms with Gasteiger partial charge in [-0.1, -0.05) is 13.8 Å². The third-order valence-corrected chi connectivity index (χ3v) is 7.28. The van der Waals surface area contributed by atoms with Gasteiger partial charge in [0, 0.05) is 12.3 Å². The van der Waals surface area contributed by atoms with Crippen molar-refractivity contribution in [1.82, 2.24) is 0 Å². The number of ketones is 1. The highest BCUT2D eigenvalue weighted by Crippen LogP contribution is 2.56. The average molecular weight is 369 g/mol. The van der Waals surface area contributed by atoms with E-state index in [1.807, 2.05) is 0 Å². The summed E-state index contributed by atoms with van der Waals surface area (Å²) in [5.41, 5.74) is -0.807. The lowest BCUT2D eigenvalue weighted by Crippen LogP contribution is -2.46. The van der Waals surface area contributed by atoms with E-state index in [1.54, 1.807) is 13.8 Å². The Bertz CT molecular complexity index is 522. The largest absolute Gasteiger partial charge is 0.463 e. The highest BCUT2D eigenvalue weighted by atomic mass is 28.4. The normalized spacial score (nSPS) is 31.6. The Morgan fingerprint density at radius 3 is 2.56 bits per heavy atom. The van der Waals surface area contributed by atoms with Gasteiger partial charge in [0.05, 0.1) is 6.61 Å². The molecule has 4 nitrogen and oxygen atoms in total. The SMILES string of the molecule is C[C@H](COC(=O)C(C)(C)O[Si](C)(C)C)[C@H]1CC[C@H]2C(=O)CCC[C@]12C. The molecule has 0 aliphatic heterocycles. The van der Waals surface area contributed by atoms with Gasteiger partial charge in [0.15, 0.2) is 8.32 Å². The van der Waals surface area contributed by atoms with Crippen molar-refractivity contribution in [1.29, 1.82) is 0 Å². The molecule has 5 heteroatoms. The fourth-order valence-corrected chi connectivity index (χ4v) is 6.82. The van der Waals surface area contributed by atoms with E-state index in [2.05, 4.69) is 33.5 Å². The molecule has 2 rings (SSSR count). The highest BCUT2D eigenvalue weighted by molar-refractivity contribution is 6.70. The Kier molecular flexibility index (Phi) is 5.89. The zero-order valence-corrected chi connectivity index (χ0v) is 18.1. The van der Waals surface area contributed by atoms with E-state index < -0.39 is 13.9 Å². The molecule has 144 valence electrons. The van der Waals surface area contributed by atoms with Crippen LogP contribution in [0.5, 0.6) is 0 Å². The predicted molar refractivity (Wildman–Crippen MR) is 102 cm³/mol. The highest BCUT2D eigenvalue weighted by Gasteiger charge is 2.52. The lowest BCUT2D eigenvalue weighted by Gasteiger charge is -2.42. The zero-order valence-electron chi connectivity index (χ0n) is 17.1. The van der Waals surface area contributed by atoms with E-state index >= 15 is 0 Å². The summed E-state index contributed by atoms with van der Waals surface area (Å²) in [5, 5.41) is 0. The molecule has 4 atom stereocenters. The van der Waals surface area contributed by atoms with E-state index in [0.29, 0.717) is 18.3 Å². The summed E-state index contributed by atoms with van der Waals surface area (Å²) in [5.74, 6) is 1.12. The van der Waals surface area contributed by atoms with Gasteiger partial charge in [-0.3, -0.25) is 4.79 Å². The van der Waals surface area contributed by atoms with E-state index in [0.717, 1.165) is 32.1 Å². The van der Waals surface area contributed by atoms with Crippen LogP contribution in [0.15, 0.2) is 0 Å². The molecule has 0 bridgehead atoms. The van der Waals surface area contributed by atoms with E-state index in [9.17, 15) is 9.59 Å². The molecular formula is C20H36O4Si. The Labute approximate surface area is 154 Å². The first kappa shape index (κ1) is 20.6. The molecule has 0 heterocycles. The predicted octanol–water partition coefficient (Wildman–Crippen LogP) is 4.58. The number of hydrogen-bond acceptors (Lipinski definition) is 4. The van der Waals surface area contributed by atoms with Crippen LogP contribution in [0.25, 0.3) is 0 Å². The van der Waals surface area contributed by atoms with Crippen LogP contribution < -0.4 is 0 Å². The minimum atomic E-state index is -1.82. The maximum absolute atomic E-state index is 12.5. The average Bonchev–Trinajstić information content (AvgIpc) is 2.80. The minimum absolute atomic E-state index is 0.0888. The number of carbonyl (C=O) groups excluding carboxylic acids is 2. The zero-order chi connectivity index (χ0) is 19.0. The van der Waals surface area contributed by atoms with Gasteiger partial charge < -0.3 is 9.16 Å². The number of ether oxygens (including phenoxy) is 1. The number of Topliss-reactive ketones (excluding diaryl/α,β-unsaturated/α-hetero) is 1. The molecule has 25 heavy (non-hydrogen) atoms. The maximum Gasteiger partial charge on any atom is 0.336 e. The molecule has 0 spiro atoms. The molecule has 2 aliphatic rings. The van der Waals surface area contributed by atoms with E-state index in [4.69, 9.17) is 9.16 Å². The second kappa shape index (κ2) is 7.14. The maximum atomic E-state index is 12.5. The van der Waals surface area contributed by atoms with Crippen molar-refractivity contribution in [3.8, 4) is 0 Å². The van der Waals surface area contributed by atoms with Crippen LogP contribution in [0, 0.1) is 23.2 Å². The fourth-order valence-electron chi connectivity index (χ4n) is 5.21. The quantitative estimate of drug-likeness (QED) is 0.508. The van der Waals surface area contributed by atoms with Gasteiger partial charge >= 0.3 is 5.97 Å². The third kappa shape index (κ3) is 4.54. The Hall–Kier alpha value is -0.683. The summed E-state index contributed by atoms with van der Waals surface area (Å²) in [6.45, 7) is 14.7. The second-order valence-electron chi connectivity index (χ2n) is 9.86. The molecule has 2 fully saturated rings. The lowest BCUT2D eigenvalue weighted by molar-refractivity contribution is -0.162. The number of esters is 1. The number of fused-ring (bicyclic) bond motifs is 1. The van der Waals surface area contributed by atoms with Crippen molar-refractivity contribution < 1.29 is 18.8 Å². The third-order valence-electron chi connectivity index (χ3n) is 6.15. The molecule has 0 aromatic heterocycles. The summed E-state index contributed by atoms with van der Waals surface area (Å²) in [7, 11) is -1.82. The molecule has 2 aliphatic carbocycles. The molecule has 0 unspecified atom stereocenters. The lowest BCUT2D eigenvalue weighted by atomic mass is 9.62. The molecule has 0 saturated heterocycles. The van der Waals surface area contributed by atoms with Crippen LogP contribution in [-0.2, 0) is 18.8 Å². The van der Waals surface area contributed by atoms with Crippen molar-refractivity contribution in [3.63, 3.8) is 0 Å². The van der Waals surface area contributed by atoms with Crippen LogP contribution >= 0.6 is 0 Å². The Morgan fingerprint density at radius 1 is 1.32 bits per heavy atom. The number of rotatable bonds is 6. The van der Waals surface area contributed by atoms with Crippen molar-refractivity contribution in [2.45, 2.75) is 85.0 Å².